The summed E-state index contributed by atoms with van der Waals surface area (Å²) in [4.78, 5) is 52.3. The van der Waals surface area contributed by atoms with Crippen molar-refractivity contribution in [2.24, 2.45) is 0 Å². The Bertz CT molecular complexity index is 1310. The monoisotopic (exact) mass is 1150 g/mol. The molecule has 0 saturated carbocycles. The first kappa shape index (κ1) is 78.8. The fraction of sp³-hybridized carbons (Fsp3) is 0.944. The van der Waals surface area contributed by atoms with Gasteiger partial charge in [-0.3, -0.25) is 19.2 Å². The Labute approximate surface area is 503 Å². The van der Waals surface area contributed by atoms with Gasteiger partial charge in [0.2, 0.25) is 0 Å². The van der Waals surface area contributed by atoms with Gasteiger partial charge in [0.05, 0.1) is 13.2 Å². The molecule has 0 spiro atoms. The van der Waals surface area contributed by atoms with Gasteiger partial charge in [-0.2, -0.15) is 0 Å². The van der Waals surface area contributed by atoms with E-state index in [2.05, 4.69) is 27.7 Å². The Morgan fingerprint density at radius 2 is 0.370 bits per heavy atom. The Kier molecular flexibility index (Phi) is 65.2. The van der Waals surface area contributed by atoms with E-state index in [1.165, 1.54) is 270 Å². The van der Waals surface area contributed by atoms with Crippen LogP contribution >= 0.6 is 0 Å². The number of carbonyl (C=O) groups excluding carboxylic acids is 4. The van der Waals surface area contributed by atoms with Crippen LogP contribution in [0.25, 0.3) is 0 Å². The summed E-state index contributed by atoms with van der Waals surface area (Å²) < 4.78 is 29.3. The van der Waals surface area contributed by atoms with Crippen molar-refractivity contribution < 1.29 is 42.9 Å². The molecule has 0 fully saturated rings. The molecule has 0 aromatic heterocycles. The summed E-state index contributed by atoms with van der Waals surface area (Å²) in [6.07, 6.45) is 66.6. The normalized spacial score (nSPS) is 12.2. The van der Waals surface area contributed by atoms with Gasteiger partial charge < -0.3 is 23.7 Å². The molecule has 0 aliphatic rings. The molecule has 0 aliphatic carbocycles. The number of esters is 4. The molecule has 0 saturated heterocycles. The molecule has 0 amide bonds. The Balaban J connectivity index is 5.19. The van der Waals surface area contributed by atoms with Crippen molar-refractivity contribution in [2.75, 3.05) is 26.4 Å². The fourth-order valence-electron chi connectivity index (χ4n) is 11.1. The average Bonchev–Trinajstić information content (AvgIpc) is 3.46. The second-order valence-corrected chi connectivity index (χ2v) is 24.8. The highest BCUT2D eigenvalue weighted by Gasteiger charge is 2.22. The molecule has 9 nitrogen and oxygen atoms in total. The number of ether oxygens (including phenoxy) is 5. The molecule has 0 rings (SSSR count). The standard InChI is InChI=1S/C72H138O9/c1-5-9-13-17-21-25-29-33-34-38-42-46-50-54-58-62-72(76)81-68(66-79-70(74)60-56-52-48-44-40-36-31-27-23-19-15-11-7-3)64-77-63-67(80-71(75)61-57-53-49-45-41-37-32-28-24-20-16-12-8-4)65-78-69(73)59-55-51-47-43-39-35-30-26-22-18-14-10-6-2/h67-68H,5-66H2,1-4H3. The summed E-state index contributed by atoms with van der Waals surface area (Å²) in [6, 6.07) is 0. The maximum Gasteiger partial charge on any atom is 0.306 e. The van der Waals surface area contributed by atoms with Gasteiger partial charge in [-0.25, -0.2) is 0 Å². The van der Waals surface area contributed by atoms with Crippen LogP contribution in [-0.2, 0) is 42.9 Å². The van der Waals surface area contributed by atoms with E-state index in [0.29, 0.717) is 25.7 Å². The predicted molar refractivity (Wildman–Crippen MR) is 343 cm³/mol. The van der Waals surface area contributed by atoms with Gasteiger partial charge in [-0.15, -0.1) is 0 Å². The van der Waals surface area contributed by atoms with E-state index >= 15 is 0 Å². The van der Waals surface area contributed by atoms with Crippen molar-refractivity contribution in [3.05, 3.63) is 0 Å². The molecule has 0 radical (unpaired) electrons. The Morgan fingerprint density at radius 3 is 0.556 bits per heavy atom. The van der Waals surface area contributed by atoms with Gasteiger partial charge in [0.1, 0.15) is 13.2 Å². The van der Waals surface area contributed by atoms with E-state index in [0.717, 1.165) is 77.0 Å². The smallest absolute Gasteiger partial charge is 0.306 e. The number of hydrogen-bond acceptors (Lipinski definition) is 9. The lowest BCUT2D eigenvalue weighted by atomic mass is 10.0. The first-order chi connectivity index (χ1) is 39.9. The minimum atomic E-state index is -0.801. The second-order valence-electron chi connectivity index (χ2n) is 24.8. The summed E-state index contributed by atoms with van der Waals surface area (Å²) in [7, 11) is 0. The van der Waals surface area contributed by atoms with Crippen molar-refractivity contribution in [1.82, 2.24) is 0 Å². The zero-order valence-electron chi connectivity index (χ0n) is 54.7. The SMILES string of the molecule is CCCCCCCCCCCCCCCCCC(=O)OC(COCC(COC(=O)CCCCCCCCCCCCCCC)OC(=O)CCCCCCCCCCCCCCC)COC(=O)CCCCCCCCCCCCCCC. The third kappa shape index (κ3) is 63.7. The highest BCUT2D eigenvalue weighted by molar-refractivity contribution is 5.71. The van der Waals surface area contributed by atoms with Crippen LogP contribution in [0, 0.1) is 0 Å². The highest BCUT2D eigenvalue weighted by atomic mass is 16.6. The molecule has 0 bridgehead atoms. The van der Waals surface area contributed by atoms with E-state index in [1.54, 1.807) is 0 Å². The molecule has 2 unspecified atom stereocenters. The zero-order valence-corrected chi connectivity index (χ0v) is 54.7. The van der Waals surface area contributed by atoms with Crippen molar-refractivity contribution >= 4 is 23.9 Å². The van der Waals surface area contributed by atoms with Crippen LogP contribution in [0.2, 0.25) is 0 Å². The van der Waals surface area contributed by atoms with Gasteiger partial charge in [0.15, 0.2) is 12.2 Å². The average molecular weight is 1150 g/mol. The van der Waals surface area contributed by atoms with Crippen LogP contribution in [0.1, 0.15) is 400 Å². The van der Waals surface area contributed by atoms with E-state index in [-0.39, 0.29) is 50.3 Å². The van der Waals surface area contributed by atoms with E-state index < -0.39 is 12.2 Å². The summed E-state index contributed by atoms with van der Waals surface area (Å²) >= 11 is 0. The number of hydrogen-bond donors (Lipinski definition) is 0. The number of carbonyl (C=O) groups is 4. The van der Waals surface area contributed by atoms with Gasteiger partial charge in [0.25, 0.3) is 0 Å². The fourth-order valence-corrected chi connectivity index (χ4v) is 11.1. The molecule has 0 N–H and O–H groups in total. The first-order valence-corrected chi connectivity index (χ1v) is 36.1. The lowest BCUT2D eigenvalue weighted by Crippen LogP contribution is -2.34. The molecule has 0 aromatic rings. The summed E-state index contributed by atoms with van der Waals surface area (Å²) in [6.45, 7) is 8.81. The molecule has 81 heavy (non-hydrogen) atoms. The van der Waals surface area contributed by atoms with E-state index in [9.17, 15) is 19.2 Å². The third-order valence-corrected chi connectivity index (χ3v) is 16.5. The zero-order chi connectivity index (χ0) is 58.8. The molecule has 9 heteroatoms. The van der Waals surface area contributed by atoms with Crippen LogP contribution in [0.4, 0.5) is 0 Å². The molecular formula is C72H138O9. The van der Waals surface area contributed by atoms with Crippen molar-refractivity contribution in [2.45, 2.75) is 412 Å². The maximum absolute atomic E-state index is 13.2. The third-order valence-electron chi connectivity index (χ3n) is 16.5. The number of unbranched alkanes of at least 4 members (excludes halogenated alkanes) is 50. The Hall–Kier alpha value is -2.16. The van der Waals surface area contributed by atoms with Gasteiger partial charge in [-0.1, -0.05) is 349 Å². The molecule has 480 valence electrons. The van der Waals surface area contributed by atoms with Crippen molar-refractivity contribution in [3.63, 3.8) is 0 Å². The van der Waals surface area contributed by atoms with Crippen LogP contribution in [0.15, 0.2) is 0 Å². The van der Waals surface area contributed by atoms with Crippen LogP contribution in [0.5, 0.6) is 0 Å². The summed E-state index contributed by atoms with van der Waals surface area (Å²) in [5.41, 5.74) is 0. The minimum absolute atomic E-state index is 0.0313. The van der Waals surface area contributed by atoms with Gasteiger partial charge >= 0.3 is 23.9 Å². The van der Waals surface area contributed by atoms with Crippen LogP contribution in [0.3, 0.4) is 0 Å². The molecule has 2 atom stereocenters. The van der Waals surface area contributed by atoms with Crippen molar-refractivity contribution in [1.29, 1.82) is 0 Å². The topological polar surface area (TPSA) is 114 Å². The minimum Gasteiger partial charge on any atom is -0.462 e. The highest BCUT2D eigenvalue weighted by Crippen LogP contribution is 2.19. The molecule has 0 aromatic carbocycles. The lowest BCUT2D eigenvalue weighted by Gasteiger charge is -2.21. The molecular weight excluding hydrogens is 1010 g/mol. The second kappa shape index (κ2) is 67.0. The Morgan fingerprint density at radius 1 is 0.210 bits per heavy atom. The lowest BCUT2D eigenvalue weighted by molar-refractivity contribution is -0.169. The molecule has 0 aliphatic heterocycles. The van der Waals surface area contributed by atoms with Crippen LogP contribution < -0.4 is 0 Å². The largest absolute Gasteiger partial charge is 0.462 e. The van der Waals surface area contributed by atoms with Crippen LogP contribution in [-0.4, -0.2) is 62.5 Å². The first-order valence-electron chi connectivity index (χ1n) is 36.1. The van der Waals surface area contributed by atoms with E-state index in [4.69, 9.17) is 23.7 Å². The van der Waals surface area contributed by atoms with Crippen molar-refractivity contribution in [3.8, 4) is 0 Å². The summed E-state index contributed by atoms with van der Waals surface area (Å²) in [5, 5.41) is 0. The van der Waals surface area contributed by atoms with Gasteiger partial charge in [-0.05, 0) is 25.7 Å². The van der Waals surface area contributed by atoms with E-state index in [1.807, 2.05) is 0 Å². The van der Waals surface area contributed by atoms with Gasteiger partial charge in [0, 0.05) is 25.7 Å². The number of rotatable bonds is 68. The predicted octanol–water partition coefficient (Wildman–Crippen LogP) is 22.6. The molecule has 0 heterocycles. The maximum atomic E-state index is 13.2. The summed E-state index contributed by atoms with van der Waals surface area (Å²) in [5.74, 6) is -1.24. The quantitative estimate of drug-likeness (QED) is 0.0334.